The molecule has 1 aromatic heterocycles. The maximum atomic E-state index is 12.9. The van der Waals surface area contributed by atoms with Gasteiger partial charge in [-0.15, -0.1) is 0 Å². The van der Waals surface area contributed by atoms with E-state index in [0.29, 0.717) is 17.0 Å². The Bertz CT molecular complexity index is 1140. The monoisotopic (exact) mass is 416 g/mol. The molecule has 158 valence electrons. The number of nitrogens with zero attached hydrogens (tertiary/aromatic N) is 3. The first-order chi connectivity index (χ1) is 15.0. The van der Waals surface area contributed by atoms with Gasteiger partial charge >= 0.3 is 12.0 Å². The molecule has 31 heavy (non-hydrogen) atoms. The molecule has 7 nitrogen and oxygen atoms in total. The van der Waals surface area contributed by atoms with Crippen molar-refractivity contribution in [1.29, 1.82) is 0 Å². The van der Waals surface area contributed by atoms with Crippen LogP contribution in [0, 0.1) is 0 Å². The third-order valence-corrected chi connectivity index (χ3v) is 5.37. The molecule has 0 radical (unpaired) electrons. The number of allylic oxidation sites excluding steroid dienone is 1. The maximum Gasteiger partial charge on any atom is 0.338 e. The Morgan fingerprint density at radius 1 is 1.10 bits per heavy atom. The predicted octanol–water partition coefficient (Wildman–Crippen LogP) is 4.07. The van der Waals surface area contributed by atoms with Crippen LogP contribution in [0.3, 0.4) is 0 Å². The zero-order chi connectivity index (χ0) is 22.0. The number of carbonyl (C=O) groups excluding carboxylic acids is 2. The molecule has 0 aliphatic carbocycles. The summed E-state index contributed by atoms with van der Waals surface area (Å²) in [7, 11) is 1.63. The lowest BCUT2D eigenvalue weighted by Gasteiger charge is -2.33. The van der Waals surface area contributed by atoms with Crippen molar-refractivity contribution in [1.82, 2.24) is 20.0 Å². The van der Waals surface area contributed by atoms with Crippen LogP contribution in [0.2, 0.25) is 0 Å². The fourth-order valence-electron chi connectivity index (χ4n) is 3.67. The summed E-state index contributed by atoms with van der Waals surface area (Å²) in [4.78, 5) is 26.9. The van der Waals surface area contributed by atoms with Crippen LogP contribution in [-0.2, 0) is 9.53 Å². The SMILES string of the molecule is CCOC(=O)C1=C(C)N(C)C(=O)N[C@@H]1c1cn(-c2ccccc2)nc1-c1ccccc1. The molecule has 1 aliphatic heterocycles. The highest BCUT2D eigenvalue weighted by molar-refractivity contribution is 5.95. The van der Waals surface area contributed by atoms with Crippen molar-refractivity contribution < 1.29 is 14.3 Å². The second-order valence-electron chi connectivity index (χ2n) is 7.24. The number of amides is 2. The Labute approximate surface area is 180 Å². The molecule has 4 rings (SSSR count). The van der Waals surface area contributed by atoms with Crippen molar-refractivity contribution in [3.63, 3.8) is 0 Å². The molecule has 1 N–H and O–H groups in total. The summed E-state index contributed by atoms with van der Waals surface area (Å²) >= 11 is 0. The van der Waals surface area contributed by atoms with E-state index in [4.69, 9.17) is 9.84 Å². The molecule has 0 unspecified atom stereocenters. The van der Waals surface area contributed by atoms with Gasteiger partial charge in [0.15, 0.2) is 0 Å². The maximum absolute atomic E-state index is 12.9. The largest absolute Gasteiger partial charge is 0.463 e. The van der Waals surface area contributed by atoms with E-state index in [1.807, 2.05) is 66.9 Å². The molecule has 0 saturated heterocycles. The van der Waals surface area contributed by atoms with Crippen LogP contribution in [0.4, 0.5) is 4.79 Å². The third-order valence-electron chi connectivity index (χ3n) is 5.37. The molecular formula is C24H24N4O3. The van der Waals surface area contributed by atoms with Crippen LogP contribution in [0.15, 0.2) is 78.1 Å². The average Bonchev–Trinajstić information content (AvgIpc) is 3.24. The average molecular weight is 416 g/mol. The first-order valence-electron chi connectivity index (χ1n) is 10.1. The number of benzene rings is 2. The standard InChI is InChI=1S/C24H24N4O3/c1-4-31-23(29)20-16(2)27(3)24(30)25-22(20)19-15-28(18-13-9-6-10-14-18)26-21(19)17-11-7-5-8-12-17/h5-15,22H,4H2,1-3H3,(H,25,30)/t22-/m1/s1. The second-order valence-corrected chi connectivity index (χ2v) is 7.24. The van der Waals surface area contributed by atoms with E-state index >= 15 is 0 Å². The highest BCUT2D eigenvalue weighted by Gasteiger charge is 2.37. The van der Waals surface area contributed by atoms with E-state index in [-0.39, 0.29) is 12.6 Å². The van der Waals surface area contributed by atoms with Gasteiger partial charge in [-0.3, -0.25) is 0 Å². The topological polar surface area (TPSA) is 76.5 Å². The van der Waals surface area contributed by atoms with Crippen molar-refractivity contribution in [3.8, 4) is 16.9 Å². The molecule has 2 amide bonds. The molecular weight excluding hydrogens is 392 g/mol. The van der Waals surface area contributed by atoms with E-state index in [1.54, 1.807) is 25.6 Å². The van der Waals surface area contributed by atoms with Crippen molar-refractivity contribution in [2.45, 2.75) is 19.9 Å². The van der Waals surface area contributed by atoms with Gasteiger partial charge in [0.05, 0.1) is 29.6 Å². The van der Waals surface area contributed by atoms with E-state index in [0.717, 1.165) is 16.8 Å². The first-order valence-corrected chi connectivity index (χ1v) is 10.1. The molecule has 1 atom stereocenters. The Balaban J connectivity index is 1.91. The van der Waals surface area contributed by atoms with Crippen LogP contribution in [0.1, 0.15) is 25.5 Å². The number of hydrogen-bond acceptors (Lipinski definition) is 4. The first kappa shape index (κ1) is 20.4. The zero-order valence-corrected chi connectivity index (χ0v) is 17.7. The molecule has 0 spiro atoms. The number of urea groups is 1. The minimum atomic E-state index is -0.685. The second kappa shape index (κ2) is 8.47. The van der Waals surface area contributed by atoms with Crippen LogP contribution in [-0.4, -0.2) is 40.3 Å². The van der Waals surface area contributed by atoms with Crippen molar-refractivity contribution in [3.05, 3.63) is 83.7 Å². The summed E-state index contributed by atoms with van der Waals surface area (Å²) in [5.41, 5.74) is 4.13. The van der Waals surface area contributed by atoms with E-state index in [9.17, 15) is 9.59 Å². The van der Waals surface area contributed by atoms with E-state index in [2.05, 4.69) is 5.32 Å². The summed E-state index contributed by atoms with van der Waals surface area (Å²) in [5.74, 6) is -0.455. The van der Waals surface area contributed by atoms with Gasteiger partial charge in [-0.2, -0.15) is 5.10 Å². The minimum absolute atomic E-state index is 0.245. The number of esters is 1. The number of aromatic nitrogens is 2. The molecule has 0 saturated carbocycles. The number of hydrogen-bond donors (Lipinski definition) is 1. The van der Waals surface area contributed by atoms with Gasteiger partial charge in [0.25, 0.3) is 0 Å². The number of ether oxygens (including phenoxy) is 1. The molecule has 2 heterocycles. The predicted molar refractivity (Wildman–Crippen MR) is 117 cm³/mol. The van der Waals surface area contributed by atoms with Gasteiger partial charge in [0.1, 0.15) is 0 Å². The summed E-state index contributed by atoms with van der Waals surface area (Å²) in [6.45, 7) is 3.76. The summed E-state index contributed by atoms with van der Waals surface area (Å²) in [6.07, 6.45) is 1.86. The lowest BCUT2D eigenvalue weighted by atomic mass is 9.93. The number of carbonyl (C=O) groups is 2. The van der Waals surface area contributed by atoms with E-state index in [1.165, 1.54) is 4.90 Å². The molecule has 3 aromatic rings. The molecule has 0 bridgehead atoms. The zero-order valence-electron chi connectivity index (χ0n) is 17.7. The summed E-state index contributed by atoms with van der Waals surface area (Å²) in [5, 5.41) is 7.76. The van der Waals surface area contributed by atoms with Gasteiger partial charge in [0, 0.05) is 30.1 Å². The van der Waals surface area contributed by atoms with Gasteiger partial charge in [-0.25, -0.2) is 14.3 Å². The molecule has 7 heteroatoms. The minimum Gasteiger partial charge on any atom is -0.463 e. The van der Waals surface area contributed by atoms with Crippen LogP contribution >= 0.6 is 0 Å². The molecule has 0 fully saturated rings. The Morgan fingerprint density at radius 2 is 1.74 bits per heavy atom. The normalized spacial score (nSPS) is 16.3. The molecule has 1 aliphatic rings. The molecule has 2 aromatic carbocycles. The third kappa shape index (κ3) is 3.82. The fraction of sp³-hybridized carbons (Fsp3) is 0.208. The quantitative estimate of drug-likeness (QED) is 0.636. The van der Waals surface area contributed by atoms with Crippen molar-refractivity contribution >= 4 is 12.0 Å². The Hall–Kier alpha value is -3.87. The Kier molecular flexibility index (Phi) is 5.58. The smallest absolute Gasteiger partial charge is 0.338 e. The lowest BCUT2D eigenvalue weighted by molar-refractivity contribution is -0.139. The van der Waals surface area contributed by atoms with Crippen LogP contribution in [0.5, 0.6) is 0 Å². The van der Waals surface area contributed by atoms with Gasteiger partial charge in [-0.05, 0) is 26.0 Å². The van der Waals surface area contributed by atoms with Crippen molar-refractivity contribution in [2.24, 2.45) is 0 Å². The van der Waals surface area contributed by atoms with Gasteiger partial charge < -0.3 is 15.0 Å². The highest BCUT2D eigenvalue weighted by Crippen LogP contribution is 2.36. The van der Waals surface area contributed by atoms with Gasteiger partial charge in [0.2, 0.25) is 0 Å². The fourth-order valence-corrected chi connectivity index (χ4v) is 3.67. The highest BCUT2D eigenvalue weighted by atomic mass is 16.5. The van der Waals surface area contributed by atoms with Gasteiger partial charge in [-0.1, -0.05) is 48.5 Å². The van der Waals surface area contributed by atoms with E-state index < -0.39 is 12.0 Å². The Morgan fingerprint density at radius 3 is 2.39 bits per heavy atom. The van der Waals surface area contributed by atoms with Crippen molar-refractivity contribution in [2.75, 3.05) is 13.7 Å². The van der Waals surface area contributed by atoms with Crippen LogP contribution < -0.4 is 5.32 Å². The number of nitrogens with one attached hydrogen (secondary N) is 1. The number of rotatable bonds is 5. The number of para-hydroxylation sites is 1. The van der Waals surface area contributed by atoms with Crippen LogP contribution in [0.25, 0.3) is 16.9 Å². The summed E-state index contributed by atoms with van der Waals surface area (Å²) < 4.78 is 7.09. The lowest BCUT2D eigenvalue weighted by Crippen LogP contribution is -2.46. The summed E-state index contributed by atoms with van der Waals surface area (Å²) in [6, 6.07) is 18.4.